The predicted octanol–water partition coefficient (Wildman–Crippen LogP) is 1.47. The monoisotopic (exact) mass is 280 g/mol. The Morgan fingerprint density at radius 3 is 2.86 bits per heavy atom. The van der Waals surface area contributed by atoms with Crippen molar-refractivity contribution in [2.24, 2.45) is 5.10 Å². The average Bonchev–Trinajstić information content (AvgIpc) is 2.46. The van der Waals surface area contributed by atoms with Crippen LogP contribution in [-0.2, 0) is 0 Å². The number of hydrazone groups is 1. The minimum absolute atomic E-state index is 0.231. The second-order valence-electron chi connectivity index (χ2n) is 4.39. The first-order valence-electron chi connectivity index (χ1n) is 6.29. The molecule has 3 aromatic rings. The number of hydrogen-bond donors (Lipinski definition) is 2. The molecule has 0 aliphatic carbocycles. The van der Waals surface area contributed by atoms with E-state index < -0.39 is 0 Å². The van der Waals surface area contributed by atoms with Gasteiger partial charge in [-0.3, -0.25) is 14.8 Å². The molecule has 0 spiro atoms. The smallest absolute Gasteiger partial charge is 0.252 e. The summed E-state index contributed by atoms with van der Waals surface area (Å²) in [4.78, 5) is 26.6. The molecule has 0 aliphatic rings. The Bertz CT molecular complexity index is 870. The van der Waals surface area contributed by atoms with Gasteiger partial charge in [0, 0.05) is 11.8 Å². The van der Waals surface area contributed by atoms with Gasteiger partial charge in [-0.25, -0.2) is 15.4 Å². The van der Waals surface area contributed by atoms with Crippen LogP contribution in [0, 0.1) is 6.92 Å². The van der Waals surface area contributed by atoms with Crippen LogP contribution in [0.3, 0.4) is 0 Å². The standard InChI is InChI=1S/C14H12N6O/c1-9-6-13(21)19-14(17-9)20-16-8-10-7-15-11-4-2-3-5-12(11)18-10/h2-8H,1H3,(H2,17,19,20,21)/b16-8-. The van der Waals surface area contributed by atoms with Crippen molar-refractivity contribution in [3.63, 3.8) is 0 Å². The summed E-state index contributed by atoms with van der Waals surface area (Å²) in [6, 6.07) is 8.99. The predicted molar refractivity (Wildman–Crippen MR) is 80.3 cm³/mol. The third kappa shape index (κ3) is 3.08. The van der Waals surface area contributed by atoms with Crippen LogP contribution >= 0.6 is 0 Å². The lowest BCUT2D eigenvalue weighted by Crippen LogP contribution is -2.10. The van der Waals surface area contributed by atoms with Gasteiger partial charge in [0.25, 0.3) is 5.56 Å². The minimum Gasteiger partial charge on any atom is -0.291 e. The van der Waals surface area contributed by atoms with E-state index in [0.717, 1.165) is 11.0 Å². The van der Waals surface area contributed by atoms with Crippen LogP contribution in [0.2, 0.25) is 0 Å². The molecule has 104 valence electrons. The summed E-state index contributed by atoms with van der Waals surface area (Å²) in [6.45, 7) is 1.74. The van der Waals surface area contributed by atoms with Gasteiger partial charge in [0.1, 0.15) is 5.69 Å². The van der Waals surface area contributed by atoms with E-state index in [1.807, 2.05) is 24.3 Å². The second kappa shape index (κ2) is 5.49. The van der Waals surface area contributed by atoms with Crippen molar-refractivity contribution in [3.05, 3.63) is 58.3 Å². The fourth-order valence-corrected chi connectivity index (χ4v) is 1.83. The number of para-hydroxylation sites is 2. The summed E-state index contributed by atoms with van der Waals surface area (Å²) >= 11 is 0. The Balaban J connectivity index is 1.79. The van der Waals surface area contributed by atoms with Gasteiger partial charge >= 0.3 is 0 Å². The van der Waals surface area contributed by atoms with E-state index in [9.17, 15) is 4.79 Å². The van der Waals surface area contributed by atoms with Gasteiger partial charge in [-0.2, -0.15) is 5.10 Å². The van der Waals surface area contributed by atoms with E-state index >= 15 is 0 Å². The fraction of sp³-hybridized carbons (Fsp3) is 0.0714. The Labute approximate surface area is 119 Å². The number of fused-ring (bicyclic) bond motifs is 1. The zero-order valence-electron chi connectivity index (χ0n) is 11.2. The Hall–Kier alpha value is -3.09. The van der Waals surface area contributed by atoms with Crippen molar-refractivity contribution < 1.29 is 0 Å². The molecule has 2 N–H and O–H groups in total. The molecule has 0 fully saturated rings. The van der Waals surface area contributed by atoms with Crippen LogP contribution in [0.15, 0.2) is 46.4 Å². The summed E-state index contributed by atoms with van der Waals surface area (Å²) < 4.78 is 0. The quantitative estimate of drug-likeness (QED) is 0.559. The van der Waals surface area contributed by atoms with Crippen LogP contribution in [0.4, 0.5) is 5.95 Å². The van der Waals surface area contributed by atoms with Crippen molar-refractivity contribution in [1.29, 1.82) is 0 Å². The van der Waals surface area contributed by atoms with Gasteiger partial charge in [-0.05, 0) is 19.1 Å². The lowest BCUT2D eigenvalue weighted by molar-refractivity contribution is 1.04. The molecule has 2 aromatic heterocycles. The highest BCUT2D eigenvalue weighted by Crippen LogP contribution is 2.07. The summed E-state index contributed by atoms with van der Waals surface area (Å²) in [5.74, 6) is 0.282. The largest absolute Gasteiger partial charge is 0.291 e. The number of hydrogen-bond acceptors (Lipinski definition) is 6. The van der Waals surface area contributed by atoms with Crippen LogP contribution < -0.4 is 11.0 Å². The molecule has 2 heterocycles. The van der Waals surface area contributed by atoms with Crippen LogP contribution in [0.25, 0.3) is 11.0 Å². The van der Waals surface area contributed by atoms with Gasteiger partial charge in [-0.15, -0.1) is 0 Å². The van der Waals surface area contributed by atoms with Gasteiger partial charge in [0.2, 0.25) is 5.95 Å². The first-order valence-corrected chi connectivity index (χ1v) is 6.29. The molecule has 0 aliphatic heterocycles. The highest BCUT2D eigenvalue weighted by Gasteiger charge is 1.97. The Morgan fingerprint density at radius 2 is 2.05 bits per heavy atom. The van der Waals surface area contributed by atoms with E-state index in [-0.39, 0.29) is 11.5 Å². The van der Waals surface area contributed by atoms with E-state index in [2.05, 4.69) is 30.5 Å². The molecule has 0 saturated heterocycles. The van der Waals surface area contributed by atoms with E-state index in [0.29, 0.717) is 11.4 Å². The molecule has 7 heteroatoms. The number of anilines is 1. The number of aromatic nitrogens is 4. The highest BCUT2D eigenvalue weighted by molar-refractivity contribution is 5.82. The molecule has 0 atom stereocenters. The lowest BCUT2D eigenvalue weighted by Gasteiger charge is -2.00. The van der Waals surface area contributed by atoms with Gasteiger partial charge < -0.3 is 0 Å². The van der Waals surface area contributed by atoms with Crippen LogP contribution in [-0.4, -0.2) is 26.2 Å². The molecule has 0 saturated carbocycles. The van der Waals surface area contributed by atoms with Crippen LogP contribution in [0.1, 0.15) is 11.4 Å². The van der Waals surface area contributed by atoms with E-state index in [1.165, 1.54) is 12.3 Å². The third-order valence-electron chi connectivity index (χ3n) is 2.70. The Kier molecular flexibility index (Phi) is 3.38. The van der Waals surface area contributed by atoms with Crippen LogP contribution in [0.5, 0.6) is 0 Å². The topological polar surface area (TPSA) is 95.9 Å². The van der Waals surface area contributed by atoms with Crippen molar-refractivity contribution in [3.8, 4) is 0 Å². The zero-order valence-corrected chi connectivity index (χ0v) is 11.2. The maximum absolute atomic E-state index is 11.3. The van der Waals surface area contributed by atoms with Crippen molar-refractivity contribution in [2.75, 3.05) is 5.43 Å². The van der Waals surface area contributed by atoms with E-state index in [4.69, 9.17) is 0 Å². The highest BCUT2D eigenvalue weighted by atomic mass is 16.1. The number of nitrogens with zero attached hydrogens (tertiary/aromatic N) is 4. The number of benzene rings is 1. The van der Waals surface area contributed by atoms with Gasteiger partial charge in [0.15, 0.2) is 0 Å². The number of rotatable bonds is 3. The fourth-order valence-electron chi connectivity index (χ4n) is 1.83. The molecule has 0 bridgehead atoms. The Morgan fingerprint density at radius 1 is 1.24 bits per heavy atom. The summed E-state index contributed by atoms with van der Waals surface area (Å²) in [6.07, 6.45) is 3.14. The van der Waals surface area contributed by atoms with Gasteiger partial charge in [-0.1, -0.05) is 12.1 Å². The molecule has 3 rings (SSSR count). The normalized spacial score (nSPS) is 11.1. The molecule has 21 heavy (non-hydrogen) atoms. The third-order valence-corrected chi connectivity index (χ3v) is 2.70. The molecule has 0 radical (unpaired) electrons. The number of aromatic amines is 1. The number of aryl methyl sites for hydroxylation is 1. The first-order chi connectivity index (χ1) is 10.2. The lowest BCUT2D eigenvalue weighted by atomic mass is 10.3. The molecule has 0 amide bonds. The second-order valence-corrected chi connectivity index (χ2v) is 4.39. The minimum atomic E-state index is -0.231. The SMILES string of the molecule is Cc1cc(=O)[nH]c(N/N=C\c2cnc3ccccc3n2)n1. The molecular formula is C14H12N6O. The molecule has 0 unspecified atom stereocenters. The summed E-state index contributed by atoms with van der Waals surface area (Å²) in [7, 11) is 0. The van der Waals surface area contributed by atoms with Gasteiger partial charge in [0.05, 0.1) is 23.4 Å². The maximum Gasteiger partial charge on any atom is 0.252 e. The summed E-state index contributed by atoms with van der Waals surface area (Å²) in [5.41, 5.74) is 5.27. The maximum atomic E-state index is 11.3. The first kappa shape index (κ1) is 12.9. The van der Waals surface area contributed by atoms with Crippen molar-refractivity contribution >= 4 is 23.2 Å². The zero-order chi connectivity index (χ0) is 14.7. The number of H-pyrrole nitrogens is 1. The molecule has 1 aromatic carbocycles. The number of nitrogens with one attached hydrogen (secondary N) is 2. The summed E-state index contributed by atoms with van der Waals surface area (Å²) in [5, 5.41) is 3.99. The average molecular weight is 280 g/mol. The van der Waals surface area contributed by atoms with Crippen molar-refractivity contribution in [1.82, 2.24) is 19.9 Å². The molecular weight excluding hydrogens is 268 g/mol. The molecule has 7 nitrogen and oxygen atoms in total. The van der Waals surface area contributed by atoms with Crippen molar-refractivity contribution in [2.45, 2.75) is 6.92 Å². The van der Waals surface area contributed by atoms with E-state index in [1.54, 1.807) is 13.1 Å².